The summed E-state index contributed by atoms with van der Waals surface area (Å²) in [6.07, 6.45) is 25.5. The average molecular weight is 660 g/mol. The molecule has 1 aromatic rings. The van der Waals surface area contributed by atoms with Crippen LogP contribution in [0.3, 0.4) is 0 Å². The van der Waals surface area contributed by atoms with E-state index < -0.39 is 7.25 Å². The van der Waals surface area contributed by atoms with Crippen LogP contribution in [0.2, 0.25) is 0 Å². The van der Waals surface area contributed by atoms with E-state index >= 15 is 0 Å². The second-order valence-electron chi connectivity index (χ2n) is 10.3. The van der Waals surface area contributed by atoms with Crippen molar-refractivity contribution in [3.05, 3.63) is 48.6 Å². The van der Waals surface area contributed by atoms with Crippen molar-refractivity contribution in [1.29, 1.82) is 0 Å². The predicted octanol–water partition coefficient (Wildman–Crippen LogP) is 10.6. The van der Waals surface area contributed by atoms with Crippen LogP contribution in [-0.4, -0.2) is 29.9 Å². The van der Waals surface area contributed by atoms with Gasteiger partial charge in [0.1, 0.15) is 0 Å². The number of rotatable bonds is 6. The van der Waals surface area contributed by atoms with Gasteiger partial charge in [-0.05, 0) is 110 Å². The third kappa shape index (κ3) is 11.8. The van der Waals surface area contributed by atoms with Crippen molar-refractivity contribution in [3.63, 3.8) is 0 Å². The van der Waals surface area contributed by atoms with E-state index in [1.54, 1.807) is 0 Å². The average Bonchev–Trinajstić information content (AvgIpc) is 3.46. The summed E-state index contributed by atoms with van der Waals surface area (Å²) in [6.45, 7) is 9.74. The molecule has 2 saturated heterocycles. The Balaban J connectivity index is 0.000000427. The van der Waals surface area contributed by atoms with Crippen LogP contribution in [0, 0.1) is 0 Å². The van der Waals surface area contributed by atoms with Crippen LogP contribution < -0.4 is 10.6 Å². The van der Waals surface area contributed by atoms with Crippen LogP contribution in [-0.2, 0) is 19.5 Å². The van der Waals surface area contributed by atoms with Crippen LogP contribution in [0.1, 0.15) is 105 Å². The summed E-state index contributed by atoms with van der Waals surface area (Å²) in [4.78, 5) is 0. The van der Waals surface area contributed by atoms with Gasteiger partial charge in [-0.15, -0.1) is 0 Å². The molecular weight excluding hydrogens is 612 g/mol. The first-order valence-electron chi connectivity index (χ1n) is 14.6. The molecule has 0 nitrogen and oxygen atoms in total. The second kappa shape index (κ2) is 19.2. The van der Waals surface area contributed by atoms with Gasteiger partial charge in [0.25, 0.3) is 0 Å². The van der Waals surface area contributed by atoms with Crippen molar-refractivity contribution >= 4 is 33.7 Å². The topological polar surface area (TPSA) is 0 Å². The van der Waals surface area contributed by atoms with E-state index in [2.05, 4.69) is 76.3 Å². The molecule has 8 heteroatoms. The summed E-state index contributed by atoms with van der Waals surface area (Å²) in [5.41, 5.74) is 3.96. The number of benzene rings is 1. The van der Waals surface area contributed by atoms with Gasteiger partial charge in [-0.2, -0.15) is 0 Å². The molecule has 1 aliphatic carbocycles. The number of allylic oxidation sites excluding steroid dienone is 4. The Morgan fingerprint density at radius 2 is 0.816 bits per heavy atom. The van der Waals surface area contributed by atoms with Crippen LogP contribution in [0.25, 0.3) is 0 Å². The molecule has 1 radical (unpaired) electrons. The van der Waals surface area contributed by atoms with Gasteiger partial charge in [-0.1, -0.05) is 92.1 Å². The fourth-order valence-corrected chi connectivity index (χ4v) is 14.0. The largest absolute Gasteiger partial charge is 0.673 e. The van der Waals surface area contributed by atoms with Crippen LogP contribution in [0.15, 0.2) is 48.6 Å². The second-order valence-corrected chi connectivity index (χ2v) is 15.8. The van der Waals surface area contributed by atoms with Crippen LogP contribution in [0.5, 0.6) is 0 Å². The van der Waals surface area contributed by atoms with Gasteiger partial charge in [0.15, 0.2) is 0 Å². The molecule has 1 aromatic carbocycles. The number of halogens is 4. The molecular formula is C30H48BF4P2Rh-. The van der Waals surface area contributed by atoms with Gasteiger partial charge in [0.2, 0.25) is 0 Å². The SMILES string of the molecule is C1=CCC/C=C\CC1.CC[C@H]1CC[C@H](CC)P1c1ccccc1P1[C@@H](CC)CC[C@@H]1CC.F[B-](F)(F)F.[Rh]. The molecule has 2 heterocycles. The molecule has 0 amide bonds. The van der Waals surface area contributed by atoms with E-state index in [0.29, 0.717) is 0 Å². The van der Waals surface area contributed by atoms with E-state index in [9.17, 15) is 17.3 Å². The summed E-state index contributed by atoms with van der Waals surface area (Å²) < 4.78 is 39.0. The Morgan fingerprint density at radius 3 is 1.03 bits per heavy atom. The molecule has 4 rings (SSSR count). The minimum atomic E-state index is -6.00. The number of hydrogen-bond acceptors (Lipinski definition) is 0. The molecule has 4 atom stereocenters. The summed E-state index contributed by atoms with van der Waals surface area (Å²) in [6, 6.07) is 9.79. The van der Waals surface area contributed by atoms with Crippen molar-refractivity contribution in [2.45, 2.75) is 127 Å². The summed E-state index contributed by atoms with van der Waals surface area (Å²) in [5.74, 6) is 0. The first kappa shape index (κ1) is 36.0. The van der Waals surface area contributed by atoms with Crippen molar-refractivity contribution in [2.24, 2.45) is 0 Å². The fraction of sp³-hybridized carbons (Fsp3) is 0.667. The zero-order valence-electron chi connectivity index (χ0n) is 23.7. The van der Waals surface area contributed by atoms with Crippen molar-refractivity contribution in [1.82, 2.24) is 0 Å². The van der Waals surface area contributed by atoms with Gasteiger partial charge in [0.05, 0.1) is 0 Å². The maximum Gasteiger partial charge on any atom is 0.673 e. The molecule has 0 bridgehead atoms. The van der Waals surface area contributed by atoms with Crippen molar-refractivity contribution in [3.8, 4) is 0 Å². The molecule has 38 heavy (non-hydrogen) atoms. The normalized spacial score (nSPS) is 26.7. The summed E-state index contributed by atoms with van der Waals surface area (Å²) in [7, 11) is -5.87. The number of hydrogen-bond donors (Lipinski definition) is 0. The molecule has 0 N–H and O–H groups in total. The molecule has 3 aliphatic rings. The third-order valence-corrected chi connectivity index (χ3v) is 15.6. The van der Waals surface area contributed by atoms with Crippen LogP contribution >= 0.6 is 15.8 Å². The van der Waals surface area contributed by atoms with E-state index in [0.717, 1.165) is 22.6 Å². The van der Waals surface area contributed by atoms with Crippen LogP contribution in [0.4, 0.5) is 17.3 Å². The Bertz CT molecular complexity index is 730. The maximum absolute atomic E-state index is 9.75. The smallest absolute Gasteiger partial charge is 0.418 e. The summed E-state index contributed by atoms with van der Waals surface area (Å²) >= 11 is 0. The maximum atomic E-state index is 9.75. The molecule has 2 fully saturated rings. The van der Waals surface area contributed by atoms with E-state index in [1.807, 2.05) is 10.6 Å². The Labute approximate surface area is 245 Å². The Morgan fingerprint density at radius 1 is 0.579 bits per heavy atom. The molecule has 219 valence electrons. The molecule has 0 unspecified atom stereocenters. The summed E-state index contributed by atoms with van der Waals surface area (Å²) in [5, 5.41) is 3.68. The van der Waals surface area contributed by atoms with Gasteiger partial charge >= 0.3 is 7.25 Å². The van der Waals surface area contributed by atoms with Gasteiger partial charge < -0.3 is 17.3 Å². The van der Waals surface area contributed by atoms with Crippen molar-refractivity contribution < 1.29 is 36.7 Å². The van der Waals surface area contributed by atoms with Crippen molar-refractivity contribution in [2.75, 3.05) is 0 Å². The predicted molar refractivity (Wildman–Crippen MR) is 161 cm³/mol. The zero-order valence-corrected chi connectivity index (χ0v) is 27.2. The van der Waals surface area contributed by atoms with E-state index in [4.69, 9.17) is 0 Å². The van der Waals surface area contributed by atoms with Gasteiger partial charge in [-0.25, -0.2) is 0 Å². The fourth-order valence-electron chi connectivity index (χ4n) is 6.07. The minimum absolute atomic E-state index is 0. The molecule has 0 saturated carbocycles. The standard InChI is InChI=1S/C22H36P2.C8H12.BF4.Rh/c1-5-17-13-14-18(6-2)23(17)21-11-9-10-12-22(21)24-19(7-3)15-16-20(24)8-4;1-2-4-6-8-7-5-3-1;2-1(3,4)5;/h9-12,17-20H,5-8,13-16H2,1-4H3;1-2,7-8H,3-6H2;;/q;;-1;/b;2-1-,8-7?;;/t17-,18-,19-,20-;;;/m0.../s1. The van der Waals surface area contributed by atoms with Gasteiger partial charge in [0, 0.05) is 19.5 Å². The minimum Gasteiger partial charge on any atom is -0.418 e. The monoisotopic (exact) mass is 660 g/mol. The third-order valence-electron chi connectivity index (χ3n) is 7.90. The quantitative estimate of drug-likeness (QED) is 0.123. The van der Waals surface area contributed by atoms with E-state index in [-0.39, 0.29) is 35.3 Å². The molecule has 0 spiro atoms. The molecule has 0 aromatic heterocycles. The first-order valence-corrected chi connectivity index (χ1v) is 17.5. The zero-order chi connectivity index (χ0) is 27.3. The molecule has 2 aliphatic heterocycles. The first-order chi connectivity index (χ1) is 17.7. The van der Waals surface area contributed by atoms with Gasteiger partial charge in [-0.3, -0.25) is 0 Å². The van der Waals surface area contributed by atoms with E-state index in [1.165, 1.54) is 77.0 Å². The Hall–Kier alpha value is -0.0317. The Kier molecular flexibility index (Phi) is 18.1.